The first-order valence-corrected chi connectivity index (χ1v) is 11.4. The first-order chi connectivity index (χ1) is 12.8. The van der Waals surface area contributed by atoms with E-state index in [1.165, 1.54) is 83.5 Å². The monoisotopic (exact) mass is 368 g/mol. The number of carbonyl (C=O) groups excluding carboxylic acids is 1. The van der Waals surface area contributed by atoms with Gasteiger partial charge in [-0.05, 0) is 25.7 Å². The third-order valence-corrected chi connectivity index (χ3v) is 4.83. The molecule has 1 amide bonds. The summed E-state index contributed by atoms with van der Waals surface area (Å²) in [6.45, 7) is 8.35. The van der Waals surface area contributed by atoms with Crippen molar-refractivity contribution >= 4 is 5.91 Å². The second kappa shape index (κ2) is 22.5. The fraction of sp³-hybridized carbons (Fsp3) is 0.913. The Kier molecular flexibility index (Phi) is 22.0. The number of amides is 1. The molecule has 0 heterocycles. The molecule has 0 unspecified atom stereocenters. The van der Waals surface area contributed by atoms with E-state index in [1.807, 2.05) is 0 Å². The molecule has 26 heavy (non-hydrogen) atoms. The molecule has 0 aromatic heterocycles. The fourth-order valence-corrected chi connectivity index (χ4v) is 3.13. The summed E-state index contributed by atoms with van der Waals surface area (Å²) in [4.78, 5) is 11.4. The molecule has 3 nitrogen and oxygen atoms in total. The maximum absolute atomic E-state index is 11.4. The molecule has 0 atom stereocenters. The predicted molar refractivity (Wildman–Crippen MR) is 113 cm³/mol. The molecule has 0 saturated heterocycles. The molecule has 3 heteroatoms. The van der Waals surface area contributed by atoms with Crippen molar-refractivity contribution in [3.8, 4) is 0 Å². The summed E-state index contributed by atoms with van der Waals surface area (Å²) in [5, 5.41) is 2.85. The van der Waals surface area contributed by atoms with Crippen LogP contribution in [0, 0.1) is 6.92 Å². The molecule has 0 aromatic rings. The summed E-state index contributed by atoms with van der Waals surface area (Å²) in [7, 11) is 0. The quantitative estimate of drug-likeness (QED) is 0.232. The van der Waals surface area contributed by atoms with E-state index in [-0.39, 0.29) is 5.91 Å². The summed E-state index contributed by atoms with van der Waals surface area (Å²) >= 11 is 0. The lowest BCUT2D eigenvalue weighted by atomic mass is 10.0. The van der Waals surface area contributed by atoms with Gasteiger partial charge in [-0.2, -0.15) is 0 Å². The second-order valence-corrected chi connectivity index (χ2v) is 7.52. The number of carbonyl (C=O) groups is 1. The van der Waals surface area contributed by atoms with Gasteiger partial charge in [0.2, 0.25) is 5.91 Å². The summed E-state index contributed by atoms with van der Waals surface area (Å²) in [6, 6.07) is 0. The van der Waals surface area contributed by atoms with E-state index >= 15 is 0 Å². The first-order valence-electron chi connectivity index (χ1n) is 11.4. The highest BCUT2D eigenvalue weighted by atomic mass is 16.5. The van der Waals surface area contributed by atoms with Crippen molar-refractivity contribution in [1.82, 2.24) is 5.32 Å². The Labute approximate surface area is 164 Å². The van der Waals surface area contributed by atoms with Crippen LogP contribution in [0.15, 0.2) is 0 Å². The van der Waals surface area contributed by atoms with Crippen molar-refractivity contribution in [2.75, 3.05) is 19.8 Å². The maximum Gasteiger partial charge on any atom is 0.219 e. The highest BCUT2D eigenvalue weighted by Crippen LogP contribution is 2.12. The Bertz CT molecular complexity index is 281. The number of hydrogen-bond acceptors (Lipinski definition) is 2. The van der Waals surface area contributed by atoms with Crippen LogP contribution in [0.5, 0.6) is 0 Å². The zero-order chi connectivity index (χ0) is 19.1. The highest BCUT2D eigenvalue weighted by Gasteiger charge is 1.99. The minimum Gasteiger partial charge on any atom is -0.381 e. The van der Waals surface area contributed by atoms with Crippen molar-refractivity contribution in [2.24, 2.45) is 0 Å². The number of rotatable bonds is 21. The van der Waals surface area contributed by atoms with Crippen LogP contribution in [0.25, 0.3) is 0 Å². The van der Waals surface area contributed by atoms with E-state index in [0.717, 1.165) is 32.5 Å². The summed E-state index contributed by atoms with van der Waals surface area (Å²) < 4.78 is 5.65. The Hall–Kier alpha value is -0.570. The smallest absolute Gasteiger partial charge is 0.219 e. The van der Waals surface area contributed by atoms with Gasteiger partial charge in [0.25, 0.3) is 0 Å². The van der Waals surface area contributed by atoms with Crippen molar-refractivity contribution in [1.29, 1.82) is 0 Å². The average Bonchev–Trinajstić information content (AvgIpc) is 2.65. The Balaban J connectivity index is 3.04. The lowest BCUT2D eigenvalue weighted by molar-refractivity contribution is -0.121. The van der Waals surface area contributed by atoms with Gasteiger partial charge < -0.3 is 10.1 Å². The standard InChI is InChI=1S/C23H46NO2/c1-3-5-6-7-8-9-10-11-12-13-14-15-17-21-26-22-18-16-19-23(25)24-20-4-2/h2-22H2,1H3,(H,24,25). The Morgan fingerprint density at radius 3 is 1.69 bits per heavy atom. The van der Waals surface area contributed by atoms with Gasteiger partial charge in [-0.3, -0.25) is 4.79 Å². The number of unbranched alkanes of at least 4 members (excludes halogenated alkanes) is 13. The molecule has 0 rings (SSSR count). The normalized spacial score (nSPS) is 11.0. The van der Waals surface area contributed by atoms with Crippen molar-refractivity contribution in [3.05, 3.63) is 6.92 Å². The third kappa shape index (κ3) is 21.5. The lowest BCUT2D eigenvalue weighted by Gasteiger charge is -2.05. The van der Waals surface area contributed by atoms with Crippen LogP contribution < -0.4 is 5.32 Å². The van der Waals surface area contributed by atoms with E-state index in [2.05, 4.69) is 19.2 Å². The van der Waals surface area contributed by atoms with Crippen LogP contribution in [0.2, 0.25) is 0 Å². The van der Waals surface area contributed by atoms with Crippen LogP contribution >= 0.6 is 0 Å². The number of ether oxygens (including phenoxy) is 1. The number of hydrogen-bond donors (Lipinski definition) is 1. The third-order valence-electron chi connectivity index (χ3n) is 4.83. The van der Waals surface area contributed by atoms with Gasteiger partial charge in [-0.15, -0.1) is 0 Å². The van der Waals surface area contributed by atoms with Crippen LogP contribution in [0.1, 0.15) is 116 Å². The average molecular weight is 369 g/mol. The topological polar surface area (TPSA) is 38.3 Å². The van der Waals surface area contributed by atoms with Crippen LogP contribution in [-0.2, 0) is 9.53 Å². The van der Waals surface area contributed by atoms with E-state index in [4.69, 9.17) is 4.74 Å². The molecule has 0 aromatic carbocycles. The van der Waals surface area contributed by atoms with Crippen LogP contribution in [0.4, 0.5) is 0 Å². The van der Waals surface area contributed by atoms with Gasteiger partial charge in [0.1, 0.15) is 0 Å². The Morgan fingerprint density at radius 1 is 0.731 bits per heavy atom. The molecule has 0 spiro atoms. The molecule has 0 saturated carbocycles. The van der Waals surface area contributed by atoms with Gasteiger partial charge in [0.05, 0.1) is 0 Å². The molecule has 0 aliphatic rings. The molecular weight excluding hydrogens is 322 g/mol. The molecule has 155 valence electrons. The number of nitrogens with one attached hydrogen (secondary N) is 1. The highest BCUT2D eigenvalue weighted by molar-refractivity contribution is 5.75. The van der Waals surface area contributed by atoms with Gasteiger partial charge in [-0.1, -0.05) is 90.9 Å². The first kappa shape index (κ1) is 25.4. The minimum absolute atomic E-state index is 0.144. The molecule has 1 radical (unpaired) electrons. The van der Waals surface area contributed by atoms with Gasteiger partial charge >= 0.3 is 0 Å². The van der Waals surface area contributed by atoms with Gasteiger partial charge in [0, 0.05) is 26.2 Å². The largest absolute Gasteiger partial charge is 0.381 e. The summed E-state index contributed by atoms with van der Waals surface area (Å²) in [5.41, 5.74) is 0. The summed E-state index contributed by atoms with van der Waals surface area (Å²) in [6.07, 6.45) is 21.3. The molecule has 0 aliphatic heterocycles. The summed E-state index contributed by atoms with van der Waals surface area (Å²) in [5.74, 6) is 0.144. The van der Waals surface area contributed by atoms with Crippen molar-refractivity contribution in [2.45, 2.75) is 116 Å². The zero-order valence-electron chi connectivity index (χ0n) is 17.7. The molecule has 0 fully saturated rings. The van der Waals surface area contributed by atoms with E-state index < -0.39 is 0 Å². The Morgan fingerprint density at radius 2 is 1.19 bits per heavy atom. The van der Waals surface area contributed by atoms with E-state index in [9.17, 15) is 4.79 Å². The molecule has 0 aliphatic carbocycles. The minimum atomic E-state index is 0.144. The van der Waals surface area contributed by atoms with E-state index in [1.54, 1.807) is 0 Å². The SMILES string of the molecule is [CH2]CCNC(=O)CCCCOCCCCCCCCCCCCCCC. The predicted octanol–water partition coefficient (Wildman–Crippen LogP) is 6.60. The second-order valence-electron chi connectivity index (χ2n) is 7.52. The molecular formula is C23H46NO2. The van der Waals surface area contributed by atoms with Crippen molar-refractivity contribution in [3.63, 3.8) is 0 Å². The molecule has 0 bridgehead atoms. The van der Waals surface area contributed by atoms with Gasteiger partial charge in [0.15, 0.2) is 0 Å². The van der Waals surface area contributed by atoms with Crippen LogP contribution in [-0.4, -0.2) is 25.7 Å². The van der Waals surface area contributed by atoms with Crippen molar-refractivity contribution < 1.29 is 9.53 Å². The maximum atomic E-state index is 11.4. The van der Waals surface area contributed by atoms with Gasteiger partial charge in [-0.25, -0.2) is 0 Å². The fourth-order valence-electron chi connectivity index (χ4n) is 3.13. The van der Waals surface area contributed by atoms with E-state index in [0.29, 0.717) is 13.0 Å². The lowest BCUT2D eigenvalue weighted by Crippen LogP contribution is -2.23. The van der Waals surface area contributed by atoms with Crippen LogP contribution in [0.3, 0.4) is 0 Å². The zero-order valence-corrected chi connectivity index (χ0v) is 17.7. The molecule has 1 N–H and O–H groups in total.